The minimum absolute atomic E-state index is 0.147. The van der Waals surface area contributed by atoms with Crippen LogP contribution in [0.25, 0.3) is 6.08 Å². The van der Waals surface area contributed by atoms with Gasteiger partial charge in [0.1, 0.15) is 12.4 Å². The maximum atomic E-state index is 12.8. The zero-order chi connectivity index (χ0) is 24.2. The molecule has 10 heteroatoms. The number of carbonyl (C=O) groups is 2. The van der Waals surface area contributed by atoms with Crippen LogP contribution in [0.3, 0.4) is 0 Å². The third kappa shape index (κ3) is 5.41. The first-order valence-corrected chi connectivity index (χ1v) is 11.5. The molecule has 1 aliphatic heterocycles. The number of hydrogen-bond donors (Lipinski definition) is 0. The van der Waals surface area contributed by atoms with E-state index in [0.717, 1.165) is 22.2 Å². The predicted octanol–water partition coefficient (Wildman–Crippen LogP) is 6.72. The van der Waals surface area contributed by atoms with Gasteiger partial charge in [-0.1, -0.05) is 59.6 Å². The van der Waals surface area contributed by atoms with E-state index in [9.17, 15) is 19.7 Å². The van der Waals surface area contributed by atoms with Gasteiger partial charge in [-0.15, -0.1) is 0 Å². The van der Waals surface area contributed by atoms with Crippen molar-refractivity contribution in [3.63, 3.8) is 0 Å². The fourth-order valence-corrected chi connectivity index (χ4v) is 4.45. The van der Waals surface area contributed by atoms with Crippen molar-refractivity contribution in [2.24, 2.45) is 0 Å². The number of halogens is 2. The molecule has 1 heterocycles. The monoisotopic (exact) mass is 514 g/mol. The Kier molecular flexibility index (Phi) is 7.21. The van der Waals surface area contributed by atoms with E-state index in [1.165, 1.54) is 18.2 Å². The minimum atomic E-state index is -0.539. The molecule has 7 nitrogen and oxygen atoms in total. The second kappa shape index (κ2) is 10.3. The van der Waals surface area contributed by atoms with E-state index in [4.69, 9.17) is 27.9 Å². The summed E-state index contributed by atoms with van der Waals surface area (Å²) in [4.78, 5) is 37.1. The van der Waals surface area contributed by atoms with E-state index in [1.807, 2.05) is 12.1 Å². The molecule has 1 saturated heterocycles. The number of para-hydroxylation sites is 1. The van der Waals surface area contributed by atoms with E-state index >= 15 is 0 Å². The number of benzene rings is 3. The molecule has 34 heavy (non-hydrogen) atoms. The maximum Gasteiger partial charge on any atom is 0.293 e. The van der Waals surface area contributed by atoms with Gasteiger partial charge in [0.25, 0.3) is 16.8 Å². The summed E-state index contributed by atoms with van der Waals surface area (Å²) in [5.41, 5.74) is 1.67. The maximum absolute atomic E-state index is 12.8. The summed E-state index contributed by atoms with van der Waals surface area (Å²) in [6, 6.07) is 18.3. The number of carbonyl (C=O) groups excluding carboxylic acids is 2. The lowest BCUT2D eigenvalue weighted by molar-refractivity contribution is -0.385. The summed E-state index contributed by atoms with van der Waals surface area (Å²) in [6.07, 6.45) is 1.55. The molecule has 0 aromatic heterocycles. The summed E-state index contributed by atoms with van der Waals surface area (Å²) >= 11 is 13.0. The SMILES string of the molecule is O=C1S/C(=C\c2ccc(OCc3ccc(Cl)cc3)c(Cl)c2)C(=O)N1Cc1ccccc1[N+](=O)[O-]. The molecule has 0 aliphatic carbocycles. The zero-order valence-corrected chi connectivity index (χ0v) is 19.8. The molecule has 2 amide bonds. The third-order valence-corrected chi connectivity index (χ3v) is 6.41. The Balaban J connectivity index is 1.47. The van der Waals surface area contributed by atoms with Gasteiger partial charge in [-0.3, -0.25) is 24.6 Å². The summed E-state index contributed by atoms with van der Waals surface area (Å²) in [7, 11) is 0. The van der Waals surface area contributed by atoms with Crippen LogP contribution < -0.4 is 4.74 Å². The van der Waals surface area contributed by atoms with E-state index in [2.05, 4.69) is 0 Å². The number of imide groups is 1. The smallest absolute Gasteiger partial charge is 0.293 e. The topological polar surface area (TPSA) is 89.8 Å². The average molecular weight is 515 g/mol. The van der Waals surface area contributed by atoms with Crippen molar-refractivity contribution in [1.29, 1.82) is 0 Å². The Morgan fingerprint density at radius 3 is 2.47 bits per heavy atom. The van der Waals surface area contributed by atoms with Crippen LogP contribution in [-0.4, -0.2) is 21.0 Å². The number of amides is 2. The number of thioether (sulfide) groups is 1. The van der Waals surface area contributed by atoms with Crippen molar-refractivity contribution in [1.82, 2.24) is 4.90 Å². The van der Waals surface area contributed by atoms with Crippen LogP contribution >= 0.6 is 35.0 Å². The normalized spacial score (nSPS) is 14.6. The number of ether oxygens (including phenoxy) is 1. The first kappa shape index (κ1) is 23.8. The van der Waals surface area contributed by atoms with Crippen molar-refractivity contribution in [3.8, 4) is 5.75 Å². The third-order valence-electron chi connectivity index (χ3n) is 4.95. The summed E-state index contributed by atoms with van der Waals surface area (Å²) in [5.74, 6) is -0.0504. The van der Waals surface area contributed by atoms with Gasteiger partial charge < -0.3 is 4.74 Å². The Morgan fingerprint density at radius 1 is 1.03 bits per heavy atom. The molecule has 3 aromatic carbocycles. The lowest BCUT2D eigenvalue weighted by Gasteiger charge is -2.12. The van der Waals surface area contributed by atoms with Gasteiger partial charge in [0.2, 0.25) is 0 Å². The van der Waals surface area contributed by atoms with Crippen molar-refractivity contribution >= 4 is 57.9 Å². The molecule has 3 aromatic rings. The number of nitrogens with zero attached hydrogens (tertiary/aromatic N) is 2. The molecule has 0 N–H and O–H groups in total. The molecule has 172 valence electrons. The van der Waals surface area contributed by atoms with Crippen molar-refractivity contribution < 1.29 is 19.2 Å². The van der Waals surface area contributed by atoms with Crippen LogP contribution in [0.15, 0.2) is 71.6 Å². The summed E-state index contributed by atoms with van der Waals surface area (Å²) in [6.45, 7) is 0.123. The number of hydrogen-bond acceptors (Lipinski definition) is 6. The lowest BCUT2D eigenvalue weighted by Crippen LogP contribution is -2.27. The standard InChI is InChI=1S/C24H16Cl2N2O5S/c25-18-8-5-15(6-9-18)14-33-21-10-7-16(11-19(21)26)12-22-23(29)27(24(30)34-22)13-17-3-1-2-4-20(17)28(31)32/h1-12H,13-14H2/b22-12-. The molecular weight excluding hydrogens is 499 g/mol. The van der Waals surface area contributed by atoms with Crippen LogP contribution in [0, 0.1) is 10.1 Å². The van der Waals surface area contributed by atoms with Crippen LogP contribution in [0.1, 0.15) is 16.7 Å². The largest absolute Gasteiger partial charge is 0.487 e. The highest BCUT2D eigenvalue weighted by molar-refractivity contribution is 8.18. The van der Waals surface area contributed by atoms with Crippen LogP contribution in [0.5, 0.6) is 5.75 Å². The minimum Gasteiger partial charge on any atom is -0.487 e. The quantitative estimate of drug-likeness (QED) is 0.197. The van der Waals surface area contributed by atoms with E-state index in [-0.39, 0.29) is 22.7 Å². The first-order valence-electron chi connectivity index (χ1n) is 9.96. The lowest BCUT2D eigenvalue weighted by atomic mass is 10.1. The van der Waals surface area contributed by atoms with Gasteiger partial charge in [-0.25, -0.2) is 0 Å². The molecule has 1 fully saturated rings. The van der Waals surface area contributed by atoms with Crippen LogP contribution in [0.4, 0.5) is 10.5 Å². The van der Waals surface area contributed by atoms with Gasteiger partial charge in [0.05, 0.1) is 21.4 Å². The predicted molar refractivity (Wildman–Crippen MR) is 132 cm³/mol. The number of nitro groups is 1. The fraction of sp³-hybridized carbons (Fsp3) is 0.0833. The van der Waals surface area contributed by atoms with Gasteiger partial charge in [0.15, 0.2) is 0 Å². The highest BCUT2D eigenvalue weighted by Gasteiger charge is 2.36. The van der Waals surface area contributed by atoms with Gasteiger partial charge in [0, 0.05) is 16.7 Å². The van der Waals surface area contributed by atoms with E-state index < -0.39 is 16.1 Å². The molecule has 0 atom stereocenters. The van der Waals surface area contributed by atoms with Crippen molar-refractivity contribution in [2.45, 2.75) is 13.2 Å². The summed E-state index contributed by atoms with van der Waals surface area (Å²) < 4.78 is 5.75. The van der Waals surface area contributed by atoms with Gasteiger partial charge >= 0.3 is 0 Å². The second-order valence-electron chi connectivity index (χ2n) is 7.26. The Morgan fingerprint density at radius 2 is 1.76 bits per heavy atom. The zero-order valence-electron chi connectivity index (χ0n) is 17.4. The first-order chi connectivity index (χ1) is 16.3. The van der Waals surface area contributed by atoms with Gasteiger partial charge in [-0.05, 0) is 53.2 Å². The molecule has 0 radical (unpaired) electrons. The molecule has 0 saturated carbocycles. The van der Waals surface area contributed by atoms with Crippen molar-refractivity contribution in [2.75, 3.05) is 0 Å². The van der Waals surface area contributed by atoms with Gasteiger partial charge in [-0.2, -0.15) is 0 Å². The Bertz CT molecular complexity index is 1310. The number of rotatable bonds is 7. The highest BCUT2D eigenvalue weighted by Crippen LogP contribution is 2.35. The molecule has 0 bridgehead atoms. The highest BCUT2D eigenvalue weighted by atomic mass is 35.5. The van der Waals surface area contributed by atoms with Crippen LogP contribution in [0.2, 0.25) is 10.0 Å². The molecular formula is C24H16Cl2N2O5S. The molecule has 4 rings (SSSR count). The van der Waals surface area contributed by atoms with Crippen LogP contribution in [-0.2, 0) is 17.9 Å². The molecule has 1 aliphatic rings. The molecule has 0 spiro atoms. The summed E-state index contributed by atoms with van der Waals surface area (Å²) in [5, 5.41) is 11.7. The fourth-order valence-electron chi connectivity index (χ4n) is 3.25. The molecule has 0 unspecified atom stereocenters. The Hall–Kier alpha value is -3.33. The van der Waals surface area contributed by atoms with E-state index in [1.54, 1.807) is 42.5 Å². The average Bonchev–Trinajstić information content (AvgIpc) is 3.07. The number of nitro benzene ring substituents is 1. The second-order valence-corrected chi connectivity index (χ2v) is 9.10. The Labute approximate surface area is 209 Å². The van der Waals surface area contributed by atoms with Crippen molar-refractivity contribution in [3.05, 3.63) is 108 Å². The van der Waals surface area contributed by atoms with E-state index in [0.29, 0.717) is 28.0 Å².